The van der Waals surface area contributed by atoms with Crippen molar-refractivity contribution in [2.45, 2.75) is 6.04 Å². The van der Waals surface area contributed by atoms with Gasteiger partial charge in [0.05, 0.1) is 10.5 Å². The van der Waals surface area contributed by atoms with Crippen LogP contribution < -0.4 is 5.32 Å². The fourth-order valence-corrected chi connectivity index (χ4v) is 3.63. The lowest BCUT2D eigenvalue weighted by Crippen LogP contribution is -2.17. The first-order chi connectivity index (χ1) is 9.70. The molecule has 4 heteroatoms. The molecule has 0 saturated carbocycles. The Labute approximate surface area is 129 Å². The fourth-order valence-electron chi connectivity index (χ4n) is 2.44. The Morgan fingerprint density at radius 3 is 2.80 bits per heavy atom. The molecule has 0 saturated heterocycles. The normalized spacial score (nSPS) is 12.8. The molecule has 1 N–H and O–H groups in total. The highest BCUT2D eigenvalue weighted by Gasteiger charge is 2.16. The largest absolute Gasteiger partial charge is 0.309 e. The topological polar surface area (TPSA) is 12.0 Å². The predicted molar refractivity (Wildman–Crippen MR) is 86.8 cm³/mol. The molecule has 0 aliphatic heterocycles. The van der Waals surface area contributed by atoms with Gasteiger partial charge in [0.15, 0.2) is 0 Å². The smallest absolute Gasteiger partial charge is 0.137 e. The summed E-state index contributed by atoms with van der Waals surface area (Å²) in [5.41, 5.74) is 2.11. The first-order valence-corrected chi connectivity index (χ1v) is 7.96. The van der Waals surface area contributed by atoms with E-state index in [0.717, 1.165) is 5.56 Å². The van der Waals surface area contributed by atoms with Crippen LogP contribution in [0.1, 0.15) is 17.2 Å². The van der Waals surface area contributed by atoms with Crippen LogP contribution in [0, 0.1) is 5.82 Å². The van der Waals surface area contributed by atoms with Crippen molar-refractivity contribution >= 4 is 37.4 Å². The molecule has 0 bridgehead atoms. The van der Waals surface area contributed by atoms with Gasteiger partial charge >= 0.3 is 0 Å². The molecule has 1 aromatic heterocycles. The highest BCUT2D eigenvalue weighted by atomic mass is 79.9. The van der Waals surface area contributed by atoms with Gasteiger partial charge in [-0.15, -0.1) is 11.3 Å². The van der Waals surface area contributed by atoms with Crippen LogP contribution in [0.2, 0.25) is 0 Å². The van der Waals surface area contributed by atoms with Crippen LogP contribution in [-0.2, 0) is 0 Å². The van der Waals surface area contributed by atoms with Gasteiger partial charge < -0.3 is 5.32 Å². The molecule has 0 fully saturated rings. The average Bonchev–Trinajstić information content (AvgIpc) is 2.93. The molecule has 20 heavy (non-hydrogen) atoms. The summed E-state index contributed by atoms with van der Waals surface area (Å²) < 4.78 is 15.5. The van der Waals surface area contributed by atoms with Crippen LogP contribution in [0.15, 0.2) is 52.3 Å². The molecule has 0 aliphatic rings. The highest BCUT2D eigenvalue weighted by Crippen LogP contribution is 2.33. The molecule has 1 unspecified atom stereocenters. The summed E-state index contributed by atoms with van der Waals surface area (Å²) in [4.78, 5) is 0. The van der Waals surface area contributed by atoms with E-state index < -0.39 is 0 Å². The van der Waals surface area contributed by atoms with E-state index in [1.807, 2.05) is 19.2 Å². The van der Waals surface area contributed by atoms with E-state index in [2.05, 4.69) is 44.8 Å². The summed E-state index contributed by atoms with van der Waals surface area (Å²) in [6.45, 7) is 0. The Bertz CT molecular complexity index is 753. The zero-order valence-electron chi connectivity index (χ0n) is 10.9. The minimum atomic E-state index is -0.235. The zero-order chi connectivity index (χ0) is 14.1. The maximum atomic E-state index is 13.8. The first kappa shape index (κ1) is 13.7. The molecule has 1 heterocycles. The molecular weight excluding hydrogens is 337 g/mol. The minimum absolute atomic E-state index is 0.0139. The molecule has 3 rings (SSSR count). The van der Waals surface area contributed by atoms with Crippen LogP contribution in [0.3, 0.4) is 0 Å². The molecule has 102 valence electrons. The quantitative estimate of drug-likeness (QED) is 0.692. The van der Waals surface area contributed by atoms with Crippen molar-refractivity contribution < 1.29 is 4.39 Å². The second-order valence-electron chi connectivity index (χ2n) is 4.58. The lowest BCUT2D eigenvalue weighted by molar-refractivity contribution is 0.611. The monoisotopic (exact) mass is 349 g/mol. The number of hydrogen-bond acceptors (Lipinski definition) is 2. The van der Waals surface area contributed by atoms with E-state index in [0.29, 0.717) is 4.47 Å². The molecule has 1 nitrogen and oxygen atoms in total. The van der Waals surface area contributed by atoms with Crippen LogP contribution in [0.5, 0.6) is 0 Å². The summed E-state index contributed by atoms with van der Waals surface area (Å²) in [7, 11) is 1.90. The van der Waals surface area contributed by atoms with Gasteiger partial charge in [-0.1, -0.05) is 24.3 Å². The van der Waals surface area contributed by atoms with Crippen molar-refractivity contribution in [1.29, 1.82) is 0 Å². The summed E-state index contributed by atoms with van der Waals surface area (Å²) >= 11 is 4.91. The fraction of sp³-hybridized carbons (Fsp3) is 0.125. The number of thiophene rings is 1. The van der Waals surface area contributed by atoms with E-state index in [9.17, 15) is 4.39 Å². The van der Waals surface area contributed by atoms with E-state index in [4.69, 9.17) is 0 Å². The van der Waals surface area contributed by atoms with E-state index >= 15 is 0 Å². The third-order valence-corrected chi connectivity index (χ3v) is 5.01. The number of fused-ring (bicyclic) bond motifs is 1. The molecule has 3 aromatic rings. The van der Waals surface area contributed by atoms with Crippen molar-refractivity contribution in [3.8, 4) is 0 Å². The molecule has 0 radical (unpaired) electrons. The maximum absolute atomic E-state index is 13.8. The second kappa shape index (κ2) is 5.64. The molecule has 2 aromatic carbocycles. The van der Waals surface area contributed by atoms with Crippen molar-refractivity contribution in [3.05, 3.63) is 69.3 Å². The molecule has 1 atom stereocenters. The van der Waals surface area contributed by atoms with Gasteiger partial charge in [0.25, 0.3) is 0 Å². The maximum Gasteiger partial charge on any atom is 0.137 e. The standard InChI is InChI=1S/C16H13BrFNS/c1-19-15(11-5-6-13(17)14(18)9-11)12-4-2-3-10-7-8-20-16(10)12/h2-9,15,19H,1H3. The average molecular weight is 350 g/mol. The van der Waals surface area contributed by atoms with E-state index in [1.165, 1.54) is 15.6 Å². The van der Waals surface area contributed by atoms with Gasteiger partial charge in [0.2, 0.25) is 0 Å². The summed E-state index contributed by atoms with van der Waals surface area (Å²) in [5.74, 6) is -0.235. The molecular formula is C16H13BrFNS. The third kappa shape index (κ3) is 2.39. The summed E-state index contributed by atoms with van der Waals surface area (Å²) in [6.07, 6.45) is 0. The zero-order valence-corrected chi connectivity index (χ0v) is 13.3. The van der Waals surface area contributed by atoms with Gasteiger partial charge in [-0.2, -0.15) is 0 Å². The van der Waals surface area contributed by atoms with Crippen molar-refractivity contribution in [2.75, 3.05) is 7.05 Å². The molecule has 0 aliphatic carbocycles. The predicted octanol–water partition coefficient (Wildman–Crippen LogP) is 5.11. The number of halogens is 2. The number of benzene rings is 2. The van der Waals surface area contributed by atoms with Gasteiger partial charge in [0, 0.05) is 4.70 Å². The third-order valence-electron chi connectivity index (χ3n) is 3.39. The van der Waals surface area contributed by atoms with Crippen LogP contribution in [0.25, 0.3) is 10.1 Å². The van der Waals surface area contributed by atoms with Crippen molar-refractivity contribution in [1.82, 2.24) is 5.32 Å². The van der Waals surface area contributed by atoms with Gasteiger partial charge in [-0.3, -0.25) is 0 Å². The Kier molecular flexibility index (Phi) is 3.87. The van der Waals surface area contributed by atoms with Crippen LogP contribution in [0.4, 0.5) is 4.39 Å². The summed E-state index contributed by atoms with van der Waals surface area (Å²) in [6, 6.07) is 13.6. The SMILES string of the molecule is CNC(c1ccc(Br)c(F)c1)c1cccc2ccsc12. The van der Waals surface area contributed by atoms with Gasteiger partial charge in [-0.05, 0) is 63.1 Å². The van der Waals surface area contributed by atoms with Gasteiger partial charge in [-0.25, -0.2) is 4.39 Å². The number of nitrogens with one attached hydrogen (secondary N) is 1. The van der Waals surface area contributed by atoms with Crippen LogP contribution >= 0.6 is 27.3 Å². The van der Waals surface area contributed by atoms with Crippen molar-refractivity contribution in [3.63, 3.8) is 0 Å². The Morgan fingerprint density at radius 1 is 1.20 bits per heavy atom. The Balaban J connectivity index is 2.13. The summed E-state index contributed by atoms with van der Waals surface area (Å²) in [5, 5.41) is 6.60. The lowest BCUT2D eigenvalue weighted by atomic mass is 9.98. The number of rotatable bonds is 3. The first-order valence-electron chi connectivity index (χ1n) is 6.29. The van der Waals surface area contributed by atoms with Crippen LogP contribution in [-0.4, -0.2) is 7.05 Å². The molecule has 0 spiro atoms. The second-order valence-corrected chi connectivity index (χ2v) is 6.35. The lowest BCUT2D eigenvalue weighted by Gasteiger charge is -2.18. The highest BCUT2D eigenvalue weighted by molar-refractivity contribution is 9.10. The molecule has 0 amide bonds. The van der Waals surface area contributed by atoms with E-state index in [-0.39, 0.29) is 11.9 Å². The Hall–Kier alpha value is -1.23. The minimum Gasteiger partial charge on any atom is -0.309 e. The van der Waals surface area contributed by atoms with Crippen molar-refractivity contribution in [2.24, 2.45) is 0 Å². The van der Waals surface area contributed by atoms with E-state index in [1.54, 1.807) is 23.5 Å². The Morgan fingerprint density at radius 2 is 2.05 bits per heavy atom. The number of hydrogen-bond donors (Lipinski definition) is 1. The van der Waals surface area contributed by atoms with Gasteiger partial charge in [0.1, 0.15) is 5.82 Å².